The van der Waals surface area contributed by atoms with Crippen molar-refractivity contribution in [2.75, 3.05) is 11.9 Å². The van der Waals surface area contributed by atoms with Gasteiger partial charge in [-0.25, -0.2) is 9.97 Å². The number of carbonyl (C=O) groups is 2. The average Bonchev–Trinajstić information content (AvgIpc) is 2.69. The van der Waals surface area contributed by atoms with Gasteiger partial charge in [0.1, 0.15) is 5.75 Å². The van der Waals surface area contributed by atoms with Crippen LogP contribution in [0.15, 0.2) is 71.0 Å². The molecule has 1 N–H and O–H groups in total. The van der Waals surface area contributed by atoms with Gasteiger partial charge in [0.05, 0.1) is 0 Å². The minimum absolute atomic E-state index is 0.0137. The highest BCUT2D eigenvalue weighted by Gasteiger charge is 2.08. The maximum Gasteiger partial charge on any atom is 0.262 e. The lowest BCUT2D eigenvalue weighted by Gasteiger charge is -2.11. The van der Waals surface area contributed by atoms with E-state index >= 15 is 0 Å². The van der Waals surface area contributed by atoms with E-state index in [1.807, 2.05) is 25.1 Å². The Morgan fingerprint density at radius 2 is 1.79 bits per heavy atom. The van der Waals surface area contributed by atoms with Crippen molar-refractivity contribution in [2.45, 2.75) is 23.9 Å². The molecule has 0 saturated heterocycles. The lowest BCUT2D eigenvalue weighted by molar-refractivity contribution is -0.118. The van der Waals surface area contributed by atoms with Gasteiger partial charge in [-0.2, -0.15) is 0 Å². The third-order valence-corrected chi connectivity index (χ3v) is 4.74. The second-order valence-electron chi connectivity index (χ2n) is 6.03. The van der Waals surface area contributed by atoms with Crippen LogP contribution in [0.3, 0.4) is 0 Å². The molecule has 0 atom stereocenters. The minimum Gasteiger partial charge on any atom is -0.484 e. The van der Waals surface area contributed by atoms with Crippen molar-refractivity contribution in [3.8, 4) is 5.75 Å². The van der Waals surface area contributed by atoms with Crippen LogP contribution >= 0.6 is 11.8 Å². The summed E-state index contributed by atoms with van der Waals surface area (Å²) in [5.41, 5.74) is 2.25. The Morgan fingerprint density at radius 3 is 2.43 bits per heavy atom. The number of nitrogens with zero attached hydrogens (tertiary/aromatic N) is 2. The van der Waals surface area contributed by atoms with Gasteiger partial charge in [0.25, 0.3) is 5.91 Å². The van der Waals surface area contributed by atoms with Gasteiger partial charge in [-0.3, -0.25) is 9.59 Å². The van der Waals surface area contributed by atoms with Crippen molar-refractivity contribution in [2.24, 2.45) is 0 Å². The molecule has 1 aromatic heterocycles. The molecule has 0 unspecified atom stereocenters. The normalized spacial score (nSPS) is 10.4. The third-order valence-electron chi connectivity index (χ3n) is 3.85. The summed E-state index contributed by atoms with van der Waals surface area (Å²) in [5.74, 6) is 0.261. The number of rotatable bonds is 7. The molecular formula is C21H19N3O3S. The monoisotopic (exact) mass is 393 g/mol. The summed E-state index contributed by atoms with van der Waals surface area (Å²) in [4.78, 5) is 32.8. The summed E-state index contributed by atoms with van der Waals surface area (Å²) in [7, 11) is 0. The Hall–Kier alpha value is -3.19. The van der Waals surface area contributed by atoms with Crippen LogP contribution in [0.4, 0.5) is 5.69 Å². The summed E-state index contributed by atoms with van der Waals surface area (Å²) in [5, 5.41) is 3.51. The molecule has 2 aromatic carbocycles. The Balaban J connectivity index is 1.55. The molecule has 0 saturated carbocycles. The van der Waals surface area contributed by atoms with E-state index in [1.165, 1.54) is 18.7 Å². The average molecular weight is 393 g/mol. The SMILES string of the molecule is CC(=O)c1ccc(OCC(=O)Nc2ccc(Sc3ncccn3)cc2C)cc1. The van der Waals surface area contributed by atoms with Crippen molar-refractivity contribution < 1.29 is 14.3 Å². The molecule has 142 valence electrons. The first kappa shape index (κ1) is 19.6. The molecule has 28 heavy (non-hydrogen) atoms. The molecule has 0 aliphatic carbocycles. The van der Waals surface area contributed by atoms with E-state index in [2.05, 4.69) is 15.3 Å². The van der Waals surface area contributed by atoms with Crippen molar-refractivity contribution >= 4 is 29.1 Å². The molecular weight excluding hydrogens is 374 g/mol. The highest BCUT2D eigenvalue weighted by molar-refractivity contribution is 7.99. The highest BCUT2D eigenvalue weighted by atomic mass is 32.2. The van der Waals surface area contributed by atoms with E-state index in [1.54, 1.807) is 42.7 Å². The van der Waals surface area contributed by atoms with Crippen molar-refractivity contribution in [1.82, 2.24) is 9.97 Å². The number of aromatic nitrogens is 2. The summed E-state index contributed by atoms with van der Waals surface area (Å²) < 4.78 is 5.47. The molecule has 1 heterocycles. The Bertz CT molecular complexity index is 976. The molecule has 0 radical (unpaired) electrons. The maximum atomic E-state index is 12.2. The summed E-state index contributed by atoms with van der Waals surface area (Å²) in [6.45, 7) is 3.31. The molecule has 6 nitrogen and oxygen atoms in total. The molecule has 7 heteroatoms. The Labute approximate surface area is 167 Å². The number of benzene rings is 2. The number of amides is 1. The number of hydrogen-bond acceptors (Lipinski definition) is 6. The van der Waals surface area contributed by atoms with E-state index < -0.39 is 0 Å². The van der Waals surface area contributed by atoms with Crippen LogP contribution in [-0.2, 0) is 4.79 Å². The van der Waals surface area contributed by atoms with Gasteiger partial charge >= 0.3 is 0 Å². The van der Waals surface area contributed by atoms with Gasteiger partial charge in [0.15, 0.2) is 17.5 Å². The molecule has 0 aliphatic rings. The smallest absolute Gasteiger partial charge is 0.262 e. The van der Waals surface area contributed by atoms with Crippen LogP contribution in [-0.4, -0.2) is 28.3 Å². The first-order valence-corrected chi connectivity index (χ1v) is 9.42. The number of aryl methyl sites for hydroxylation is 1. The summed E-state index contributed by atoms with van der Waals surface area (Å²) in [6, 6.07) is 14.2. The Morgan fingerprint density at radius 1 is 1.07 bits per heavy atom. The molecule has 3 aromatic rings. The fourth-order valence-corrected chi connectivity index (χ4v) is 3.21. The number of hydrogen-bond donors (Lipinski definition) is 1. The van der Waals surface area contributed by atoms with E-state index in [0.717, 1.165) is 16.1 Å². The van der Waals surface area contributed by atoms with Crippen LogP contribution < -0.4 is 10.1 Å². The first-order valence-electron chi connectivity index (χ1n) is 8.60. The van der Waals surface area contributed by atoms with E-state index in [-0.39, 0.29) is 18.3 Å². The molecule has 1 amide bonds. The third kappa shape index (κ3) is 5.40. The molecule has 0 bridgehead atoms. The van der Waals surface area contributed by atoms with Gasteiger partial charge in [-0.1, -0.05) is 0 Å². The molecule has 0 fully saturated rings. The fraction of sp³-hybridized carbons (Fsp3) is 0.143. The van der Waals surface area contributed by atoms with Crippen LogP contribution in [0.5, 0.6) is 5.75 Å². The summed E-state index contributed by atoms with van der Waals surface area (Å²) in [6.07, 6.45) is 3.40. The van der Waals surface area contributed by atoms with E-state index in [0.29, 0.717) is 16.5 Å². The van der Waals surface area contributed by atoms with Gasteiger partial charge < -0.3 is 10.1 Å². The Kier molecular flexibility index (Phi) is 6.39. The predicted octanol–water partition coefficient (Wildman–Crippen LogP) is 4.16. The summed E-state index contributed by atoms with van der Waals surface area (Å²) >= 11 is 1.46. The predicted molar refractivity (Wildman–Crippen MR) is 108 cm³/mol. The van der Waals surface area contributed by atoms with Crippen molar-refractivity contribution in [3.05, 3.63) is 72.1 Å². The van der Waals surface area contributed by atoms with Gasteiger partial charge in [-0.15, -0.1) is 0 Å². The second-order valence-corrected chi connectivity index (χ2v) is 7.07. The van der Waals surface area contributed by atoms with E-state index in [4.69, 9.17) is 4.74 Å². The number of carbonyl (C=O) groups excluding carboxylic acids is 2. The van der Waals surface area contributed by atoms with Crippen LogP contribution in [0.25, 0.3) is 0 Å². The number of anilines is 1. The van der Waals surface area contributed by atoms with Crippen LogP contribution in [0.2, 0.25) is 0 Å². The van der Waals surface area contributed by atoms with Crippen molar-refractivity contribution in [1.29, 1.82) is 0 Å². The molecule has 0 spiro atoms. The zero-order chi connectivity index (χ0) is 19.9. The lowest BCUT2D eigenvalue weighted by Crippen LogP contribution is -2.20. The largest absolute Gasteiger partial charge is 0.484 e. The number of Topliss-reactive ketones (excluding diaryl/α,β-unsaturated/α-hetero) is 1. The topological polar surface area (TPSA) is 81.2 Å². The van der Waals surface area contributed by atoms with Crippen LogP contribution in [0.1, 0.15) is 22.8 Å². The zero-order valence-electron chi connectivity index (χ0n) is 15.5. The van der Waals surface area contributed by atoms with Crippen molar-refractivity contribution in [3.63, 3.8) is 0 Å². The maximum absolute atomic E-state index is 12.2. The highest BCUT2D eigenvalue weighted by Crippen LogP contribution is 2.27. The molecule has 3 rings (SSSR count). The van der Waals surface area contributed by atoms with E-state index in [9.17, 15) is 9.59 Å². The second kappa shape index (κ2) is 9.14. The number of ketones is 1. The van der Waals surface area contributed by atoms with Gasteiger partial charge in [0.2, 0.25) is 0 Å². The molecule has 0 aliphatic heterocycles. The number of ether oxygens (including phenoxy) is 1. The fourth-order valence-electron chi connectivity index (χ4n) is 2.40. The zero-order valence-corrected chi connectivity index (χ0v) is 16.3. The number of nitrogens with one attached hydrogen (secondary N) is 1. The quantitative estimate of drug-likeness (QED) is 0.480. The first-order chi connectivity index (χ1) is 13.5. The minimum atomic E-state index is -0.259. The standard InChI is InChI=1S/C21H19N3O3S/c1-14-12-18(28-21-22-10-3-11-23-21)8-9-19(14)24-20(26)13-27-17-6-4-16(5-7-17)15(2)25/h3-12H,13H2,1-2H3,(H,24,26). The van der Waals surface area contributed by atoms with Crippen LogP contribution in [0, 0.1) is 6.92 Å². The lowest BCUT2D eigenvalue weighted by atomic mass is 10.1. The van der Waals surface area contributed by atoms with Gasteiger partial charge in [-0.05, 0) is 79.7 Å². The van der Waals surface area contributed by atoms with Gasteiger partial charge in [0, 0.05) is 28.5 Å².